The summed E-state index contributed by atoms with van der Waals surface area (Å²) in [6.07, 6.45) is 1.82. The summed E-state index contributed by atoms with van der Waals surface area (Å²) in [6.45, 7) is 7.46. The Morgan fingerprint density at radius 3 is 2.53 bits per heavy atom. The van der Waals surface area contributed by atoms with Gasteiger partial charge in [0.15, 0.2) is 13.2 Å². The third kappa shape index (κ3) is 6.07. The molecule has 2 aromatic rings. The Labute approximate surface area is 178 Å². The van der Waals surface area contributed by atoms with Gasteiger partial charge in [-0.1, -0.05) is 44.2 Å². The maximum Gasteiger partial charge on any atom is 0.279 e. The smallest absolute Gasteiger partial charge is 0.279 e. The Balaban J connectivity index is 1.41. The third-order valence-electron chi connectivity index (χ3n) is 5.58. The minimum atomic E-state index is -0.00252. The number of nitrogens with one attached hydrogen (secondary N) is 2. The molecule has 0 unspecified atom stereocenters. The molecule has 1 aliphatic rings. The summed E-state index contributed by atoms with van der Waals surface area (Å²) in [7, 11) is 0. The van der Waals surface area contributed by atoms with Gasteiger partial charge in [0.2, 0.25) is 0 Å². The van der Waals surface area contributed by atoms with E-state index in [2.05, 4.69) is 19.2 Å². The van der Waals surface area contributed by atoms with Crippen molar-refractivity contribution in [1.82, 2.24) is 4.90 Å². The number of benzene rings is 2. The molecular weight excluding hydrogens is 378 g/mol. The number of hydrogen-bond acceptors (Lipinski definition) is 3. The maximum absolute atomic E-state index is 12.5. The fourth-order valence-electron chi connectivity index (χ4n) is 3.71. The van der Waals surface area contributed by atoms with Crippen LogP contribution in [0.1, 0.15) is 25.0 Å². The molecule has 6 heteroatoms. The summed E-state index contributed by atoms with van der Waals surface area (Å²) in [5, 5.41) is 3.03. The fourth-order valence-corrected chi connectivity index (χ4v) is 3.71. The van der Waals surface area contributed by atoms with Gasteiger partial charge in [-0.05, 0) is 42.2 Å². The molecule has 2 amide bonds. The molecule has 6 nitrogen and oxygen atoms in total. The summed E-state index contributed by atoms with van der Waals surface area (Å²) < 4.78 is 5.68. The predicted molar refractivity (Wildman–Crippen MR) is 118 cm³/mol. The zero-order valence-electron chi connectivity index (χ0n) is 17.9. The van der Waals surface area contributed by atoms with E-state index >= 15 is 0 Å². The van der Waals surface area contributed by atoms with Crippen LogP contribution in [0.4, 0.5) is 5.69 Å². The molecule has 0 bridgehead atoms. The summed E-state index contributed by atoms with van der Waals surface area (Å²) in [5.74, 6) is 0.748. The molecule has 2 N–H and O–H groups in total. The number of hydrogen-bond donors (Lipinski definition) is 2. The van der Waals surface area contributed by atoms with E-state index in [0.29, 0.717) is 19.6 Å². The lowest BCUT2D eigenvalue weighted by Gasteiger charge is -2.31. The highest BCUT2D eigenvalue weighted by atomic mass is 16.5. The first-order valence-electron chi connectivity index (χ1n) is 10.8. The van der Waals surface area contributed by atoms with Gasteiger partial charge in [0.25, 0.3) is 11.8 Å². The molecule has 0 atom stereocenters. The van der Waals surface area contributed by atoms with Gasteiger partial charge in [0.05, 0.1) is 26.2 Å². The average Bonchev–Trinajstić information content (AvgIpc) is 2.78. The topological polar surface area (TPSA) is 63.1 Å². The highest BCUT2D eigenvalue weighted by Gasteiger charge is 2.25. The quantitative estimate of drug-likeness (QED) is 0.694. The number of para-hydroxylation sites is 1. The van der Waals surface area contributed by atoms with Gasteiger partial charge in [-0.25, -0.2) is 0 Å². The lowest BCUT2D eigenvalue weighted by Crippen LogP contribution is -3.15. The molecule has 1 aliphatic heterocycles. The number of carbonyl (C=O) groups excluding carboxylic acids is 2. The largest absolute Gasteiger partial charge is 0.484 e. The third-order valence-corrected chi connectivity index (χ3v) is 5.58. The van der Waals surface area contributed by atoms with E-state index in [1.54, 1.807) is 0 Å². The number of nitrogens with zero attached hydrogens (tertiary/aromatic N) is 1. The van der Waals surface area contributed by atoms with Gasteiger partial charge in [-0.15, -0.1) is 0 Å². The molecule has 1 saturated heterocycles. The molecule has 0 aliphatic carbocycles. The van der Waals surface area contributed by atoms with Crippen molar-refractivity contribution in [1.29, 1.82) is 0 Å². The van der Waals surface area contributed by atoms with Gasteiger partial charge < -0.3 is 19.9 Å². The van der Waals surface area contributed by atoms with Crippen LogP contribution in [-0.2, 0) is 22.4 Å². The summed E-state index contributed by atoms with van der Waals surface area (Å²) in [4.78, 5) is 27.9. The number of aryl methyl sites for hydroxylation is 2. The minimum absolute atomic E-state index is 0.00252. The first-order chi connectivity index (χ1) is 14.6. The van der Waals surface area contributed by atoms with Crippen LogP contribution in [0.2, 0.25) is 0 Å². The van der Waals surface area contributed by atoms with Crippen LogP contribution in [0.25, 0.3) is 0 Å². The monoisotopic (exact) mass is 410 g/mol. The Bertz CT molecular complexity index is 860. The van der Waals surface area contributed by atoms with Crippen molar-refractivity contribution in [3.8, 4) is 5.75 Å². The molecule has 0 spiro atoms. The van der Waals surface area contributed by atoms with Gasteiger partial charge in [-0.2, -0.15) is 0 Å². The van der Waals surface area contributed by atoms with Crippen LogP contribution in [0.15, 0.2) is 48.5 Å². The second-order valence-corrected chi connectivity index (χ2v) is 7.66. The molecule has 0 aromatic heterocycles. The predicted octanol–water partition coefficient (Wildman–Crippen LogP) is 1.56. The molecule has 1 heterocycles. The molecule has 2 aromatic carbocycles. The van der Waals surface area contributed by atoms with E-state index in [1.165, 1.54) is 10.5 Å². The molecule has 0 radical (unpaired) electrons. The van der Waals surface area contributed by atoms with E-state index in [9.17, 15) is 9.59 Å². The van der Waals surface area contributed by atoms with Gasteiger partial charge in [0.1, 0.15) is 5.75 Å². The lowest BCUT2D eigenvalue weighted by molar-refractivity contribution is -0.895. The van der Waals surface area contributed by atoms with E-state index in [1.807, 2.05) is 53.4 Å². The number of ether oxygens (including phenoxy) is 1. The van der Waals surface area contributed by atoms with Gasteiger partial charge >= 0.3 is 0 Å². The summed E-state index contributed by atoms with van der Waals surface area (Å²) in [5.41, 5.74) is 3.22. The Morgan fingerprint density at radius 2 is 1.80 bits per heavy atom. The first-order valence-corrected chi connectivity index (χ1v) is 10.8. The van der Waals surface area contributed by atoms with Crippen molar-refractivity contribution >= 4 is 17.5 Å². The number of anilines is 1. The molecular formula is C24H32N3O3+. The van der Waals surface area contributed by atoms with Crippen molar-refractivity contribution in [2.45, 2.75) is 26.7 Å². The summed E-state index contributed by atoms with van der Waals surface area (Å²) >= 11 is 0. The molecule has 3 rings (SSSR count). The lowest BCUT2D eigenvalue weighted by atomic mass is 10.1. The zero-order chi connectivity index (χ0) is 21.3. The normalized spacial score (nSPS) is 14.4. The van der Waals surface area contributed by atoms with Crippen LogP contribution >= 0.6 is 0 Å². The Kier molecular flexibility index (Phi) is 7.85. The van der Waals surface area contributed by atoms with E-state index in [-0.39, 0.29) is 18.4 Å². The molecule has 30 heavy (non-hydrogen) atoms. The van der Waals surface area contributed by atoms with Crippen molar-refractivity contribution in [3.63, 3.8) is 0 Å². The zero-order valence-corrected chi connectivity index (χ0v) is 17.9. The maximum atomic E-state index is 12.5. The number of amides is 2. The molecule has 1 fully saturated rings. The first kappa shape index (κ1) is 21.8. The standard InChI is InChI=1S/C24H31N3O3/c1-3-19-8-7-10-21(16-19)30-18-24(29)27-14-12-26(13-15-27)17-23(28)25-22-11-6-5-9-20(22)4-2/h5-11,16H,3-4,12-15,17-18H2,1-2H3,(H,25,28)/p+1. The van der Waals surface area contributed by atoms with Gasteiger partial charge in [0, 0.05) is 5.69 Å². The van der Waals surface area contributed by atoms with Gasteiger partial charge in [-0.3, -0.25) is 9.59 Å². The Morgan fingerprint density at radius 1 is 1.03 bits per heavy atom. The van der Waals surface area contributed by atoms with E-state index in [0.717, 1.165) is 42.9 Å². The second kappa shape index (κ2) is 10.8. The van der Waals surface area contributed by atoms with Crippen LogP contribution < -0.4 is 15.0 Å². The summed E-state index contributed by atoms with van der Waals surface area (Å²) in [6, 6.07) is 15.8. The van der Waals surface area contributed by atoms with Crippen molar-refractivity contribution in [2.24, 2.45) is 0 Å². The van der Waals surface area contributed by atoms with Crippen molar-refractivity contribution in [2.75, 3.05) is 44.6 Å². The average molecular weight is 411 g/mol. The molecule has 0 saturated carbocycles. The van der Waals surface area contributed by atoms with Crippen LogP contribution in [0, 0.1) is 0 Å². The van der Waals surface area contributed by atoms with Crippen LogP contribution in [-0.4, -0.2) is 56.0 Å². The Hall–Kier alpha value is -2.86. The van der Waals surface area contributed by atoms with E-state index < -0.39 is 0 Å². The highest BCUT2D eigenvalue weighted by molar-refractivity contribution is 5.92. The van der Waals surface area contributed by atoms with Crippen LogP contribution in [0.3, 0.4) is 0 Å². The minimum Gasteiger partial charge on any atom is -0.484 e. The number of piperazine rings is 1. The van der Waals surface area contributed by atoms with E-state index in [4.69, 9.17) is 4.74 Å². The highest BCUT2D eigenvalue weighted by Crippen LogP contribution is 2.15. The number of rotatable bonds is 8. The number of carbonyl (C=O) groups is 2. The number of quaternary nitrogens is 1. The SMILES string of the molecule is CCc1cccc(OCC(=O)N2CC[NH+](CC(=O)Nc3ccccc3CC)CC2)c1. The second-order valence-electron chi connectivity index (χ2n) is 7.66. The van der Waals surface area contributed by atoms with Crippen LogP contribution in [0.5, 0.6) is 5.75 Å². The van der Waals surface area contributed by atoms with Crippen molar-refractivity contribution in [3.05, 3.63) is 59.7 Å². The fraction of sp³-hybridized carbons (Fsp3) is 0.417. The van der Waals surface area contributed by atoms with Crippen molar-refractivity contribution < 1.29 is 19.2 Å². The molecule has 160 valence electrons.